The Hall–Kier alpha value is -4.06. The number of benzene rings is 3. The quantitative estimate of drug-likeness (QED) is 0.282. The number of hydrogen-bond acceptors (Lipinski definition) is 5. The molecule has 1 unspecified atom stereocenters. The van der Waals surface area contributed by atoms with Gasteiger partial charge in [0, 0.05) is 16.8 Å². The number of ether oxygens (including phenoxy) is 2. The summed E-state index contributed by atoms with van der Waals surface area (Å²) in [7, 11) is 1.53. The van der Waals surface area contributed by atoms with Gasteiger partial charge in [-0.25, -0.2) is 0 Å². The standard InChI is InChI=1S/C29H29NO5/c1-17(2)35-22-14-12-21(13-15-22)30-26(23-8-6-7-9-24(23)34-5)25(28(32)29(30)33)27(31)20-11-10-18(3)19(4)16-20/h6-17,26,31H,1-5H3/b27-25+. The monoisotopic (exact) mass is 471 g/mol. The number of aryl methyl sites for hydroxylation is 2. The molecular weight excluding hydrogens is 442 g/mol. The highest BCUT2D eigenvalue weighted by Crippen LogP contribution is 2.45. The van der Waals surface area contributed by atoms with E-state index >= 15 is 0 Å². The number of aliphatic hydroxyl groups is 1. The fourth-order valence-electron chi connectivity index (χ4n) is 4.29. The molecule has 35 heavy (non-hydrogen) atoms. The van der Waals surface area contributed by atoms with Crippen molar-refractivity contribution in [3.8, 4) is 11.5 Å². The van der Waals surface area contributed by atoms with Crippen LogP contribution in [0.2, 0.25) is 0 Å². The minimum absolute atomic E-state index is 0.00150. The summed E-state index contributed by atoms with van der Waals surface area (Å²) in [6.07, 6.45) is 0.00150. The summed E-state index contributed by atoms with van der Waals surface area (Å²) in [5.41, 5.74) is 3.64. The lowest BCUT2D eigenvalue weighted by Crippen LogP contribution is -2.29. The van der Waals surface area contributed by atoms with Crippen LogP contribution in [-0.4, -0.2) is 30.0 Å². The Morgan fingerprint density at radius 1 is 0.943 bits per heavy atom. The summed E-state index contributed by atoms with van der Waals surface area (Å²) in [5, 5.41) is 11.3. The fraction of sp³-hybridized carbons (Fsp3) is 0.241. The number of methoxy groups -OCH3 is 1. The van der Waals surface area contributed by atoms with Crippen LogP contribution in [0.15, 0.2) is 72.3 Å². The van der Waals surface area contributed by atoms with Gasteiger partial charge in [-0.3, -0.25) is 14.5 Å². The van der Waals surface area contributed by atoms with E-state index in [2.05, 4.69) is 0 Å². The Morgan fingerprint density at radius 3 is 2.26 bits per heavy atom. The summed E-state index contributed by atoms with van der Waals surface area (Å²) in [4.78, 5) is 28.2. The van der Waals surface area contributed by atoms with Gasteiger partial charge >= 0.3 is 0 Å². The molecule has 0 spiro atoms. The molecule has 1 atom stereocenters. The normalized spacial score (nSPS) is 17.2. The molecular formula is C29H29NO5. The Bertz CT molecular complexity index is 1310. The van der Waals surface area contributed by atoms with Crippen molar-refractivity contribution in [1.82, 2.24) is 0 Å². The molecule has 4 rings (SSSR count). The lowest BCUT2D eigenvalue weighted by Gasteiger charge is -2.27. The number of carbonyl (C=O) groups is 2. The maximum absolute atomic E-state index is 13.4. The molecule has 1 amide bonds. The minimum atomic E-state index is -0.871. The third-order valence-corrected chi connectivity index (χ3v) is 6.14. The molecule has 3 aromatic carbocycles. The first-order valence-corrected chi connectivity index (χ1v) is 11.5. The number of nitrogens with zero attached hydrogens (tertiary/aromatic N) is 1. The largest absolute Gasteiger partial charge is 0.507 e. The highest BCUT2D eigenvalue weighted by molar-refractivity contribution is 6.51. The van der Waals surface area contributed by atoms with Crippen LogP contribution in [0.1, 0.15) is 42.1 Å². The average Bonchev–Trinajstić information content (AvgIpc) is 3.10. The van der Waals surface area contributed by atoms with E-state index in [-0.39, 0.29) is 17.4 Å². The van der Waals surface area contributed by atoms with Gasteiger partial charge < -0.3 is 14.6 Å². The number of rotatable bonds is 6. The summed E-state index contributed by atoms with van der Waals surface area (Å²) in [5.74, 6) is -0.521. The third kappa shape index (κ3) is 4.52. The molecule has 3 aromatic rings. The Morgan fingerprint density at radius 2 is 1.63 bits per heavy atom. The topological polar surface area (TPSA) is 76.1 Å². The molecule has 0 aliphatic carbocycles. The first kappa shape index (κ1) is 24.1. The summed E-state index contributed by atoms with van der Waals surface area (Å²) in [6.45, 7) is 7.77. The van der Waals surface area contributed by atoms with Gasteiger partial charge in [-0.15, -0.1) is 0 Å². The summed E-state index contributed by atoms with van der Waals surface area (Å²) >= 11 is 0. The van der Waals surface area contributed by atoms with E-state index in [0.29, 0.717) is 28.3 Å². The number of ketones is 1. The van der Waals surface area contributed by atoms with Gasteiger partial charge in [0.2, 0.25) is 0 Å². The highest BCUT2D eigenvalue weighted by atomic mass is 16.5. The SMILES string of the molecule is COc1ccccc1C1/C(=C(\O)c2ccc(C)c(C)c2)C(=O)C(=O)N1c1ccc(OC(C)C)cc1. The third-order valence-electron chi connectivity index (χ3n) is 6.14. The summed E-state index contributed by atoms with van der Waals surface area (Å²) in [6, 6.07) is 18.8. The van der Waals surface area contributed by atoms with Crippen molar-refractivity contribution < 1.29 is 24.2 Å². The zero-order valence-corrected chi connectivity index (χ0v) is 20.5. The van der Waals surface area contributed by atoms with E-state index < -0.39 is 17.7 Å². The smallest absolute Gasteiger partial charge is 0.300 e. The first-order chi connectivity index (χ1) is 16.7. The predicted molar refractivity (Wildman–Crippen MR) is 136 cm³/mol. The van der Waals surface area contributed by atoms with Gasteiger partial charge in [0.05, 0.1) is 24.8 Å². The van der Waals surface area contributed by atoms with E-state index in [0.717, 1.165) is 11.1 Å². The molecule has 180 valence electrons. The Labute approximate surface area is 205 Å². The van der Waals surface area contributed by atoms with Gasteiger partial charge in [0.25, 0.3) is 11.7 Å². The van der Waals surface area contributed by atoms with E-state index in [9.17, 15) is 14.7 Å². The van der Waals surface area contributed by atoms with Crippen LogP contribution in [0.25, 0.3) is 5.76 Å². The predicted octanol–water partition coefficient (Wildman–Crippen LogP) is 5.73. The number of amides is 1. The number of Topliss-reactive ketones (excluding diaryl/α,β-unsaturated/α-hetero) is 1. The lowest BCUT2D eigenvalue weighted by molar-refractivity contribution is -0.132. The molecule has 0 bridgehead atoms. The fourth-order valence-corrected chi connectivity index (χ4v) is 4.29. The zero-order chi connectivity index (χ0) is 25.3. The van der Waals surface area contributed by atoms with Crippen molar-refractivity contribution in [2.45, 2.75) is 39.8 Å². The van der Waals surface area contributed by atoms with Crippen molar-refractivity contribution in [3.05, 3.63) is 94.6 Å². The first-order valence-electron chi connectivity index (χ1n) is 11.5. The number of aliphatic hydroxyl groups excluding tert-OH is 1. The van der Waals surface area contributed by atoms with E-state index in [1.165, 1.54) is 12.0 Å². The molecule has 1 aliphatic heterocycles. The van der Waals surface area contributed by atoms with Gasteiger partial charge in [-0.1, -0.05) is 30.3 Å². The van der Waals surface area contributed by atoms with E-state index in [1.54, 1.807) is 42.5 Å². The number of carbonyl (C=O) groups excluding carboxylic acids is 2. The van der Waals surface area contributed by atoms with Crippen molar-refractivity contribution in [2.75, 3.05) is 12.0 Å². The number of anilines is 1. The van der Waals surface area contributed by atoms with Crippen LogP contribution >= 0.6 is 0 Å². The van der Waals surface area contributed by atoms with E-state index in [4.69, 9.17) is 9.47 Å². The molecule has 6 nitrogen and oxygen atoms in total. The van der Waals surface area contributed by atoms with Gasteiger partial charge in [0.15, 0.2) is 0 Å². The molecule has 0 saturated carbocycles. The highest BCUT2D eigenvalue weighted by Gasteiger charge is 2.47. The number of hydrogen-bond donors (Lipinski definition) is 1. The minimum Gasteiger partial charge on any atom is -0.507 e. The molecule has 1 fully saturated rings. The summed E-state index contributed by atoms with van der Waals surface area (Å²) < 4.78 is 11.3. The van der Waals surface area contributed by atoms with Crippen LogP contribution in [0.4, 0.5) is 5.69 Å². The van der Waals surface area contributed by atoms with Crippen molar-refractivity contribution in [1.29, 1.82) is 0 Å². The maximum Gasteiger partial charge on any atom is 0.300 e. The van der Waals surface area contributed by atoms with Gasteiger partial charge in [-0.2, -0.15) is 0 Å². The molecule has 1 saturated heterocycles. The Kier molecular flexibility index (Phi) is 6.65. The van der Waals surface area contributed by atoms with Crippen LogP contribution < -0.4 is 14.4 Å². The van der Waals surface area contributed by atoms with Crippen molar-refractivity contribution >= 4 is 23.1 Å². The molecule has 1 aliphatic rings. The number of para-hydroxylation sites is 1. The molecule has 1 heterocycles. The second kappa shape index (κ2) is 9.66. The maximum atomic E-state index is 13.4. The van der Waals surface area contributed by atoms with Crippen LogP contribution in [0.5, 0.6) is 11.5 Å². The van der Waals surface area contributed by atoms with E-state index in [1.807, 2.05) is 52.0 Å². The lowest BCUT2D eigenvalue weighted by atomic mass is 9.93. The van der Waals surface area contributed by atoms with Gasteiger partial charge in [-0.05, 0) is 75.2 Å². The molecule has 0 radical (unpaired) electrons. The van der Waals surface area contributed by atoms with Crippen LogP contribution in [-0.2, 0) is 9.59 Å². The van der Waals surface area contributed by atoms with Crippen LogP contribution in [0.3, 0.4) is 0 Å². The van der Waals surface area contributed by atoms with Crippen molar-refractivity contribution in [3.63, 3.8) is 0 Å². The molecule has 6 heteroatoms. The average molecular weight is 472 g/mol. The molecule has 0 aromatic heterocycles. The van der Waals surface area contributed by atoms with Crippen molar-refractivity contribution in [2.24, 2.45) is 0 Å². The van der Waals surface area contributed by atoms with Gasteiger partial charge in [0.1, 0.15) is 17.3 Å². The Balaban J connectivity index is 1.92. The van der Waals surface area contributed by atoms with Crippen LogP contribution in [0, 0.1) is 13.8 Å². The second-order valence-electron chi connectivity index (χ2n) is 8.87. The zero-order valence-electron chi connectivity index (χ0n) is 20.5. The second-order valence-corrected chi connectivity index (χ2v) is 8.87. The molecule has 1 N–H and O–H groups in total.